The number of sulfonamides is 1. The van der Waals surface area contributed by atoms with Gasteiger partial charge in [0.2, 0.25) is 10.0 Å². The first-order valence-corrected chi connectivity index (χ1v) is 10.5. The standard InChI is InChI=1S/C20H21F3N2O4S/c1-19(2)16(11-4-7-13(8-5-11)30(24,27)28)17(19)25-18(26)14-10-12(20(21,22)23)6-9-15(14)29-3/h4-10,16-17H,1-3H3,(H,25,26)(H2,24,27,28). The van der Waals surface area contributed by atoms with E-state index >= 15 is 0 Å². The van der Waals surface area contributed by atoms with Gasteiger partial charge in [-0.05, 0) is 41.3 Å². The number of primary sulfonamides is 1. The Labute approximate surface area is 172 Å². The number of nitrogens with two attached hydrogens (primary N) is 1. The summed E-state index contributed by atoms with van der Waals surface area (Å²) in [6.07, 6.45) is -4.59. The van der Waals surface area contributed by atoms with Crippen molar-refractivity contribution in [3.05, 3.63) is 59.2 Å². The van der Waals surface area contributed by atoms with Gasteiger partial charge in [0.1, 0.15) is 5.75 Å². The van der Waals surface area contributed by atoms with Crippen molar-refractivity contribution >= 4 is 15.9 Å². The topological polar surface area (TPSA) is 98.5 Å². The van der Waals surface area contributed by atoms with E-state index in [-0.39, 0.29) is 33.6 Å². The van der Waals surface area contributed by atoms with Crippen molar-refractivity contribution in [3.8, 4) is 5.75 Å². The van der Waals surface area contributed by atoms with Crippen LogP contribution in [0.15, 0.2) is 47.4 Å². The predicted octanol–water partition coefficient (Wildman–Crippen LogP) is 3.28. The fourth-order valence-electron chi connectivity index (χ4n) is 3.67. The Hall–Kier alpha value is -2.59. The van der Waals surface area contributed by atoms with Crippen LogP contribution in [0.3, 0.4) is 0 Å². The molecule has 162 valence electrons. The maximum absolute atomic E-state index is 13.0. The zero-order chi connectivity index (χ0) is 22.5. The summed E-state index contributed by atoms with van der Waals surface area (Å²) in [5.41, 5.74) is -0.751. The molecule has 3 rings (SSSR count). The van der Waals surface area contributed by atoms with E-state index in [0.29, 0.717) is 0 Å². The average molecular weight is 442 g/mol. The highest BCUT2D eigenvalue weighted by Crippen LogP contribution is 2.58. The molecule has 1 aliphatic carbocycles. The monoisotopic (exact) mass is 442 g/mol. The normalized spacial score (nSPS) is 20.5. The molecule has 10 heteroatoms. The molecule has 0 bridgehead atoms. The molecule has 1 saturated carbocycles. The van der Waals surface area contributed by atoms with E-state index in [4.69, 9.17) is 9.88 Å². The van der Waals surface area contributed by atoms with Gasteiger partial charge in [0.15, 0.2) is 0 Å². The minimum absolute atomic E-state index is 0.0287. The lowest BCUT2D eigenvalue weighted by Crippen LogP contribution is -2.29. The summed E-state index contributed by atoms with van der Waals surface area (Å²) in [6.45, 7) is 3.80. The molecular weight excluding hydrogens is 421 g/mol. The summed E-state index contributed by atoms with van der Waals surface area (Å²) in [5.74, 6) is -0.791. The molecule has 0 spiro atoms. The highest BCUT2D eigenvalue weighted by atomic mass is 32.2. The Balaban J connectivity index is 1.84. The molecule has 2 aromatic carbocycles. The van der Waals surface area contributed by atoms with Gasteiger partial charge in [-0.2, -0.15) is 13.2 Å². The Morgan fingerprint density at radius 3 is 2.23 bits per heavy atom. The Bertz CT molecular complexity index is 1080. The van der Waals surface area contributed by atoms with E-state index in [1.54, 1.807) is 12.1 Å². The number of hydrogen-bond acceptors (Lipinski definition) is 4. The molecule has 2 atom stereocenters. The first kappa shape index (κ1) is 22.1. The van der Waals surface area contributed by atoms with Gasteiger partial charge < -0.3 is 10.1 Å². The second-order valence-electron chi connectivity index (χ2n) is 7.78. The summed E-state index contributed by atoms with van der Waals surface area (Å²) < 4.78 is 67.0. The van der Waals surface area contributed by atoms with E-state index in [1.165, 1.54) is 19.2 Å². The summed E-state index contributed by atoms with van der Waals surface area (Å²) in [6, 6.07) is 8.36. The number of amides is 1. The molecule has 2 aromatic rings. The molecule has 0 saturated heterocycles. The zero-order valence-corrected chi connectivity index (χ0v) is 17.3. The fraction of sp³-hybridized carbons (Fsp3) is 0.350. The first-order valence-electron chi connectivity index (χ1n) is 8.95. The molecule has 30 heavy (non-hydrogen) atoms. The number of halogens is 3. The van der Waals surface area contributed by atoms with Crippen LogP contribution in [0.1, 0.15) is 41.3 Å². The molecule has 0 aromatic heterocycles. The minimum Gasteiger partial charge on any atom is -0.496 e. The van der Waals surface area contributed by atoms with E-state index in [9.17, 15) is 26.4 Å². The second-order valence-corrected chi connectivity index (χ2v) is 9.34. The molecule has 0 aliphatic heterocycles. The van der Waals surface area contributed by atoms with Crippen molar-refractivity contribution in [3.63, 3.8) is 0 Å². The summed E-state index contributed by atoms with van der Waals surface area (Å²) in [5, 5.41) is 7.88. The first-order chi connectivity index (χ1) is 13.8. The van der Waals surface area contributed by atoms with Crippen LogP contribution in [0.4, 0.5) is 13.2 Å². The van der Waals surface area contributed by atoms with Crippen LogP contribution in [0.25, 0.3) is 0 Å². The number of benzene rings is 2. The molecule has 1 fully saturated rings. The summed E-state index contributed by atoms with van der Waals surface area (Å²) >= 11 is 0. The lowest BCUT2D eigenvalue weighted by molar-refractivity contribution is -0.137. The van der Waals surface area contributed by atoms with E-state index in [1.807, 2.05) is 13.8 Å². The van der Waals surface area contributed by atoms with Crippen molar-refractivity contribution in [2.24, 2.45) is 10.6 Å². The van der Waals surface area contributed by atoms with E-state index in [0.717, 1.165) is 23.8 Å². The van der Waals surface area contributed by atoms with Crippen LogP contribution in [0.2, 0.25) is 0 Å². The fourth-order valence-corrected chi connectivity index (χ4v) is 4.19. The van der Waals surface area contributed by atoms with Gasteiger partial charge in [0.05, 0.1) is 23.1 Å². The zero-order valence-electron chi connectivity index (χ0n) is 16.4. The van der Waals surface area contributed by atoms with Crippen LogP contribution in [-0.2, 0) is 16.2 Å². The Morgan fingerprint density at radius 1 is 1.13 bits per heavy atom. The van der Waals surface area contributed by atoms with Crippen LogP contribution in [0, 0.1) is 5.41 Å². The third-order valence-corrected chi connectivity index (χ3v) is 6.38. The van der Waals surface area contributed by atoms with Crippen molar-refractivity contribution in [1.82, 2.24) is 5.32 Å². The molecule has 1 amide bonds. The average Bonchev–Trinajstić information content (AvgIpc) is 3.19. The highest BCUT2D eigenvalue weighted by Gasteiger charge is 2.59. The lowest BCUT2D eigenvalue weighted by Gasteiger charge is -2.13. The third kappa shape index (κ3) is 4.15. The number of ether oxygens (including phenoxy) is 1. The van der Waals surface area contributed by atoms with Gasteiger partial charge in [-0.25, -0.2) is 13.6 Å². The number of rotatable bonds is 5. The number of nitrogens with one attached hydrogen (secondary N) is 1. The molecule has 2 unspecified atom stereocenters. The Kier molecular flexibility index (Phi) is 5.36. The summed E-state index contributed by atoms with van der Waals surface area (Å²) in [4.78, 5) is 12.7. The maximum Gasteiger partial charge on any atom is 0.416 e. The van der Waals surface area contributed by atoms with Crippen LogP contribution in [0.5, 0.6) is 5.75 Å². The number of methoxy groups -OCH3 is 1. The van der Waals surface area contributed by atoms with Gasteiger partial charge in [-0.3, -0.25) is 4.79 Å². The van der Waals surface area contributed by atoms with Gasteiger partial charge >= 0.3 is 6.18 Å². The van der Waals surface area contributed by atoms with Crippen molar-refractivity contribution in [1.29, 1.82) is 0 Å². The third-order valence-electron chi connectivity index (χ3n) is 5.45. The minimum atomic E-state index is -4.59. The van der Waals surface area contributed by atoms with Crippen molar-refractivity contribution in [2.75, 3.05) is 7.11 Å². The molecule has 6 nitrogen and oxygen atoms in total. The van der Waals surface area contributed by atoms with Crippen molar-refractivity contribution < 1.29 is 31.1 Å². The number of carbonyl (C=O) groups is 1. The smallest absolute Gasteiger partial charge is 0.416 e. The molecule has 1 aliphatic rings. The maximum atomic E-state index is 13.0. The molecule has 3 N–H and O–H groups in total. The van der Waals surface area contributed by atoms with Gasteiger partial charge in [-0.15, -0.1) is 0 Å². The lowest BCUT2D eigenvalue weighted by atomic mass is 10.0. The van der Waals surface area contributed by atoms with Crippen LogP contribution >= 0.6 is 0 Å². The second kappa shape index (κ2) is 7.28. The van der Waals surface area contributed by atoms with Crippen molar-refractivity contribution in [2.45, 2.75) is 36.9 Å². The number of hydrogen-bond donors (Lipinski definition) is 2. The number of carbonyl (C=O) groups excluding carboxylic acids is 1. The summed E-state index contributed by atoms with van der Waals surface area (Å²) in [7, 11) is -2.55. The van der Waals surface area contributed by atoms with E-state index < -0.39 is 27.7 Å². The van der Waals surface area contributed by atoms with Gasteiger partial charge in [-0.1, -0.05) is 26.0 Å². The predicted molar refractivity (Wildman–Crippen MR) is 104 cm³/mol. The number of alkyl halides is 3. The van der Waals surface area contributed by atoms with Gasteiger partial charge in [0.25, 0.3) is 5.91 Å². The van der Waals surface area contributed by atoms with Crippen LogP contribution in [-0.4, -0.2) is 27.5 Å². The molecule has 0 heterocycles. The SMILES string of the molecule is COc1ccc(C(F)(F)F)cc1C(=O)NC1C(c2ccc(S(N)(=O)=O)cc2)C1(C)C. The molecular formula is C20H21F3N2O4S. The van der Waals surface area contributed by atoms with Crippen LogP contribution < -0.4 is 15.2 Å². The Morgan fingerprint density at radius 2 is 1.73 bits per heavy atom. The van der Waals surface area contributed by atoms with E-state index in [2.05, 4.69) is 5.32 Å². The van der Waals surface area contributed by atoms with Gasteiger partial charge in [0, 0.05) is 12.0 Å². The molecule has 0 radical (unpaired) electrons. The quantitative estimate of drug-likeness (QED) is 0.743. The largest absolute Gasteiger partial charge is 0.496 e. The highest BCUT2D eigenvalue weighted by molar-refractivity contribution is 7.89.